The molecule has 31 nitrogen and oxygen atoms in total. The molecule has 9 amide bonds. The quantitative estimate of drug-likeness (QED) is 0.0320. The average molecular weight is 1950 g/mol. The van der Waals surface area contributed by atoms with E-state index in [0.29, 0.717) is 178 Å². The lowest BCUT2D eigenvalue weighted by atomic mass is 10.0. The number of rotatable bonds is 20. The lowest BCUT2D eigenvalue weighted by molar-refractivity contribution is -0.111. The van der Waals surface area contributed by atoms with E-state index in [1.54, 1.807) is 80.8 Å². The van der Waals surface area contributed by atoms with Crippen LogP contribution < -0.4 is 26.6 Å². The minimum Gasteiger partial charge on any atom is -0.381 e. The molecule has 0 saturated carbocycles. The summed E-state index contributed by atoms with van der Waals surface area (Å²) in [5.41, 5.74) is 19.1. The Balaban J connectivity index is 0.000000133. The molecule has 0 aliphatic carbocycles. The summed E-state index contributed by atoms with van der Waals surface area (Å²) in [4.78, 5) is 156. The van der Waals surface area contributed by atoms with E-state index in [-0.39, 0.29) is 80.6 Å². The Morgan fingerprint density at radius 2 is 0.678 bits per heavy atom. The summed E-state index contributed by atoms with van der Waals surface area (Å²) in [6.45, 7) is 20.4. The van der Waals surface area contributed by atoms with E-state index in [2.05, 4.69) is 147 Å². The number of ether oxygens (including phenoxy) is 1. The fraction of sp³-hybridized carbons (Fsp3) is 0.226. The van der Waals surface area contributed by atoms with Gasteiger partial charge < -0.3 is 89.1 Å². The molecule has 9 aromatic carbocycles. The first-order chi connectivity index (χ1) is 70.1. The first-order valence-electron chi connectivity index (χ1n) is 48.2. The number of anilines is 4. The number of carbonyl (C=O) groups is 9. The molecular weight excluding hydrogens is 1840 g/mol. The predicted molar refractivity (Wildman–Crippen MR) is 566 cm³/mol. The van der Waals surface area contributed by atoms with Crippen LogP contribution in [0.5, 0.6) is 0 Å². The topological polar surface area (TPSA) is 370 Å². The number of imidazole rings is 4. The van der Waals surface area contributed by atoms with E-state index in [9.17, 15) is 43.2 Å². The maximum Gasteiger partial charge on any atom is 0.276 e. The maximum absolute atomic E-state index is 13.6. The molecule has 0 radical (unpaired) electrons. The van der Waals surface area contributed by atoms with Crippen molar-refractivity contribution in [1.82, 2.24) is 83.1 Å². The van der Waals surface area contributed by atoms with E-state index in [1.165, 1.54) is 17.2 Å². The first-order valence-corrected chi connectivity index (χ1v) is 48.2. The molecule has 742 valence electrons. The molecule has 146 heavy (non-hydrogen) atoms. The minimum absolute atomic E-state index is 0. The van der Waals surface area contributed by atoms with Crippen molar-refractivity contribution in [2.24, 2.45) is 0 Å². The second-order valence-corrected chi connectivity index (χ2v) is 36.5. The molecule has 8 aromatic heterocycles. The van der Waals surface area contributed by atoms with Gasteiger partial charge in [0, 0.05) is 149 Å². The average Bonchev–Trinajstić information content (AvgIpc) is 1.59. The molecule has 0 spiro atoms. The van der Waals surface area contributed by atoms with Gasteiger partial charge in [-0.3, -0.25) is 43.2 Å². The van der Waals surface area contributed by atoms with Crippen molar-refractivity contribution in [2.45, 2.75) is 134 Å². The van der Waals surface area contributed by atoms with Crippen LogP contribution in [0.2, 0.25) is 0 Å². The first kappa shape index (κ1) is 99.9. The Hall–Kier alpha value is -17.6. The molecule has 0 unspecified atom stereocenters. The molecule has 0 bridgehead atoms. The number of aromatic nitrogens is 12. The van der Waals surface area contributed by atoms with Gasteiger partial charge in [-0.15, -0.1) is 0 Å². The Labute approximate surface area is 845 Å². The van der Waals surface area contributed by atoms with Crippen LogP contribution in [0.3, 0.4) is 0 Å². The SMILES string of the molecule is C.C.C=CC(=O)Nc1cccc2c(-c3nc(C(=O)NC4CCOCC4)c4n3CCN(C(=O)c3ccc[nH]3)C4)cccc12.Cc1ccc(Cc2nc(C(=O)Nc3ccc(C)cc3)c3n2CCN(C(=O)c2ccc[nH]2)C3)cc1.Cc1ccc(Cc2nc(C(=O)Nc3ccc(C)cc3)c3n2CCN(C(=O)c2ccc[nH]2)C3)cc1.Cc1ccc(NC(=O)c2nc(-c3cccc4ccccc34)n3c2CN(C(=O)c2ccc[nH]2)CC3)cc1. The summed E-state index contributed by atoms with van der Waals surface area (Å²) in [6, 6.07) is 79.7. The van der Waals surface area contributed by atoms with Crippen LogP contribution in [0.15, 0.2) is 286 Å². The van der Waals surface area contributed by atoms with Gasteiger partial charge in [-0.2, -0.15) is 0 Å². The fourth-order valence-corrected chi connectivity index (χ4v) is 18.8. The zero-order valence-electron chi connectivity index (χ0n) is 80.5. The molecule has 13 heterocycles. The van der Waals surface area contributed by atoms with Gasteiger partial charge in [-0.05, 0) is 172 Å². The predicted octanol–water partition coefficient (Wildman–Crippen LogP) is 18.9. The second kappa shape index (κ2) is 44.7. The molecule has 5 aliphatic rings. The summed E-state index contributed by atoms with van der Waals surface area (Å²) >= 11 is 0. The van der Waals surface area contributed by atoms with Gasteiger partial charge in [0.2, 0.25) is 5.91 Å². The summed E-state index contributed by atoms with van der Waals surface area (Å²) in [7, 11) is 0. The number of hydrogen-bond acceptors (Lipinski definition) is 14. The van der Waals surface area contributed by atoms with Crippen molar-refractivity contribution in [2.75, 3.05) is 60.7 Å². The van der Waals surface area contributed by atoms with Crippen LogP contribution >= 0.6 is 0 Å². The van der Waals surface area contributed by atoms with E-state index in [4.69, 9.17) is 24.7 Å². The highest BCUT2D eigenvalue weighted by Crippen LogP contribution is 2.38. The molecular formula is C115H117N21O10. The van der Waals surface area contributed by atoms with Crippen LogP contribution in [-0.4, -0.2) is 176 Å². The van der Waals surface area contributed by atoms with Crippen molar-refractivity contribution < 1.29 is 47.9 Å². The van der Waals surface area contributed by atoms with E-state index < -0.39 is 0 Å². The second-order valence-electron chi connectivity index (χ2n) is 36.5. The third kappa shape index (κ3) is 22.2. The maximum atomic E-state index is 13.6. The van der Waals surface area contributed by atoms with Crippen molar-refractivity contribution >= 4 is 97.5 Å². The monoisotopic (exact) mass is 1950 g/mol. The molecule has 1 fully saturated rings. The number of H-pyrrole nitrogens is 4. The molecule has 0 atom stereocenters. The molecule has 1 saturated heterocycles. The van der Waals surface area contributed by atoms with Crippen LogP contribution in [0.25, 0.3) is 44.3 Å². The molecule has 5 aliphatic heterocycles. The van der Waals surface area contributed by atoms with Crippen molar-refractivity contribution in [3.8, 4) is 22.8 Å². The van der Waals surface area contributed by atoms with Gasteiger partial charge in [0.15, 0.2) is 22.8 Å². The fourth-order valence-electron chi connectivity index (χ4n) is 18.8. The van der Waals surface area contributed by atoms with Gasteiger partial charge in [-0.1, -0.05) is 207 Å². The summed E-state index contributed by atoms with van der Waals surface area (Å²) in [5.74, 6) is 1.30. The number of amides is 9. The number of nitrogens with zero attached hydrogens (tertiary/aromatic N) is 12. The number of aromatic amines is 4. The number of aryl methyl sites for hydroxylation is 5. The largest absolute Gasteiger partial charge is 0.381 e. The van der Waals surface area contributed by atoms with E-state index in [0.717, 1.165) is 108 Å². The van der Waals surface area contributed by atoms with Gasteiger partial charge in [-0.25, -0.2) is 19.9 Å². The van der Waals surface area contributed by atoms with E-state index in [1.807, 2.05) is 171 Å². The van der Waals surface area contributed by atoms with Crippen LogP contribution in [0, 0.1) is 34.6 Å². The van der Waals surface area contributed by atoms with Crippen LogP contribution in [-0.2, 0) is 74.7 Å². The van der Waals surface area contributed by atoms with Crippen molar-refractivity contribution in [3.05, 3.63) is 405 Å². The smallest absolute Gasteiger partial charge is 0.276 e. The Bertz CT molecular complexity index is 7400. The van der Waals surface area contributed by atoms with Gasteiger partial charge in [0.1, 0.15) is 46.1 Å². The number of fused-ring (bicyclic) bond motifs is 6. The lowest BCUT2D eigenvalue weighted by Crippen LogP contribution is -2.41. The zero-order chi connectivity index (χ0) is 99.6. The number of hydrogen-bond donors (Lipinski definition) is 9. The molecule has 17 aromatic rings. The van der Waals surface area contributed by atoms with Gasteiger partial charge in [0.25, 0.3) is 47.3 Å². The minimum atomic E-state index is -0.296. The molecule has 9 N–H and O–H groups in total. The van der Waals surface area contributed by atoms with E-state index >= 15 is 0 Å². The highest BCUT2D eigenvalue weighted by Gasteiger charge is 2.38. The highest BCUT2D eigenvalue weighted by molar-refractivity contribution is 6.10. The Kier molecular flexibility index (Phi) is 30.6. The third-order valence-electron chi connectivity index (χ3n) is 26.6. The summed E-state index contributed by atoms with van der Waals surface area (Å²) in [6.07, 6.45) is 10.9. The molecule has 22 rings (SSSR count). The summed E-state index contributed by atoms with van der Waals surface area (Å²) in [5, 5.41) is 18.8. The zero-order valence-corrected chi connectivity index (χ0v) is 80.5. The Morgan fingerprint density at radius 3 is 1.07 bits per heavy atom. The highest BCUT2D eigenvalue weighted by atomic mass is 16.5. The third-order valence-corrected chi connectivity index (χ3v) is 26.6. The summed E-state index contributed by atoms with van der Waals surface area (Å²) < 4.78 is 13.8. The standard InChI is InChI=1S/C30H30N6O4.C29H25N5O2.2C27H27N5O2.2CH4/c1-2-26(37)33-23-9-4-6-20-21(23)7-3-8-22(20)28-34-27(29(38)32-19-11-16-40-17-12-19)25-18-35(14-15-36(25)28)30(39)24-10-5-13-31-24;1-19-11-13-21(14-12-19)31-28(35)26-25-18-33(29(36)24-10-5-15-30-24)16-17-34(25)27(32-26)23-9-4-7-20-6-2-3-8-22(20)23;2*1-18-5-9-20(10-6-18)16-24-30-25(26(33)29-21-11-7-19(2)8-12-21)23-17-31(14-15-32(23)24)27(34)22-4-3-13-28-22;;/h2-10,13,19,31H,1,11-12,14-18H2,(H,32,38)(H,33,37);2-15,30H,16-18H2,1H3,(H,31,35);2*3-13,28H,14-17H2,1-2H3,(H,29,33);2*1H4. The van der Waals surface area contributed by atoms with Crippen LogP contribution in [0.4, 0.5) is 22.7 Å². The van der Waals surface area contributed by atoms with Gasteiger partial charge in [0.05, 0.1) is 49.0 Å². The normalized spacial score (nSPS) is 13.5. The lowest BCUT2D eigenvalue weighted by Gasteiger charge is -2.29. The van der Waals surface area contributed by atoms with Crippen molar-refractivity contribution in [1.29, 1.82) is 0 Å². The Morgan fingerprint density at radius 1 is 0.349 bits per heavy atom. The van der Waals surface area contributed by atoms with Crippen LogP contribution in [0.1, 0.15) is 185 Å². The molecule has 31 heteroatoms. The number of carbonyl (C=O) groups excluding carboxylic acids is 9. The van der Waals surface area contributed by atoms with Crippen molar-refractivity contribution in [3.63, 3.8) is 0 Å². The van der Waals surface area contributed by atoms with Gasteiger partial charge >= 0.3 is 0 Å². The number of nitrogens with one attached hydrogen (secondary N) is 9. The number of benzene rings is 9.